The number of ketones is 1. The van der Waals surface area contributed by atoms with E-state index in [1.807, 2.05) is 24.4 Å². The topological polar surface area (TPSA) is 91.9 Å². The van der Waals surface area contributed by atoms with Crippen LogP contribution in [0, 0.1) is 6.92 Å². The van der Waals surface area contributed by atoms with Gasteiger partial charge in [0.1, 0.15) is 18.0 Å². The molecule has 36 heavy (non-hydrogen) atoms. The number of aromatic nitrogens is 5. The molecule has 5 rings (SSSR count). The van der Waals surface area contributed by atoms with E-state index in [0.29, 0.717) is 44.9 Å². The first-order valence-corrected chi connectivity index (χ1v) is 13.1. The van der Waals surface area contributed by atoms with Crippen LogP contribution in [0.4, 0.5) is 0 Å². The van der Waals surface area contributed by atoms with Gasteiger partial charge in [0.05, 0.1) is 37.5 Å². The maximum Gasteiger partial charge on any atom is 0.255 e. The van der Waals surface area contributed by atoms with Crippen LogP contribution in [0.25, 0.3) is 11.4 Å². The molecule has 0 N–H and O–H groups in total. The predicted octanol–water partition coefficient (Wildman–Crippen LogP) is 5.29. The molecule has 0 bridgehead atoms. The number of thiazole rings is 1. The number of benzene rings is 1. The summed E-state index contributed by atoms with van der Waals surface area (Å²) in [5.41, 5.74) is 2.66. The van der Waals surface area contributed by atoms with Crippen molar-refractivity contribution in [3.63, 3.8) is 0 Å². The lowest BCUT2D eigenvalue weighted by Gasteiger charge is -2.13. The van der Waals surface area contributed by atoms with Gasteiger partial charge in [0.15, 0.2) is 5.78 Å². The molecule has 0 aliphatic heterocycles. The first-order chi connectivity index (χ1) is 17.5. The van der Waals surface area contributed by atoms with Crippen molar-refractivity contribution in [2.75, 3.05) is 0 Å². The third-order valence-electron chi connectivity index (χ3n) is 5.33. The monoisotopic (exact) mass is 537 g/mol. The van der Waals surface area contributed by atoms with Gasteiger partial charge in [-0.15, -0.1) is 27.8 Å². The Balaban J connectivity index is 1.40. The van der Waals surface area contributed by atoms with Crippen LogP contribution in [0.15, 0.2) is 71.1 Å². The number of thiophene rings is 1. The molecule has 0 saturated heterocycles. The molecule has 0 aliphatic rings. The Bertz CT molecular complexity index is 1590. The van der Waals surface area contributed by atoms with Crippen molar-refractivity contribution >= 4 is 40.1 Å². The van der Waals surface area contributed by atoms with E-state index >= 15 is 0 Å². The number of pyridine rings is 1. The van der Waals surface area contributed by atoms with Crippen molar-refractivity contribution in [2.24, 2.45) is 0 Å². The molecule has 11 heteroatoms. The molecule has 4 heterocycles. The Kier molecular flexibility index (Phi) is 7.08. The molecule has 1 aromatic carbocycles. The van der Waals surface area contributed by atoms with Crippen LogP contribution >= 0.6 is 34.3 Å². The summed E-state index contributed by atoms with van der Waals surface area (Å²) in [5.74, 6) is 0.538. The van der Waals surface area contributed by atoms with Crippen molar-refractivity contribution in [3.05, 3.63) is 102 Å². The van der Waals surface area contributed by atoms with E-state index < -0.39 is 0 Å². The number of hydrogen-bond acceptors (Lipinski definition) is 8. The molecule has 5 aromatic rings. The Morgan fingerprint density at radius 3 is 2.78 bits per heavy atom. The zero-order valence-corrected chi connectivity index (χ0v) is 21.5. The van der Waals surface area contributed by atoms with Gasteiger partial charge >= 0.3 is 0 Å². The van der Waals surface area contributed by atoms with Crippen molar-refractivity contribution in [3.8, 4) is 17.1 Å². The second-order valence-corrected chi connectivity index (χ2v) is 10.7. The van der Waals surface area contributed by atoms with Crippen LogP contribution < -0.4 is 10.3 Å². The second kappa shape index (κ2) is 10.6. The van der Waals surface area contributed by atoms with Crippen molar-refractivity contribution in [2.45, 2.75) is 26.4 Å². The van der Waals surface area contributed by atoms with Gasteiger partial charge in [0, 0.05) is 36.6 Å². The Morgan fingerprint density at radius 1 is 1.14 bits per heavy atom. The van der Waals surface area contributed by atoms with Gasteiger partial charge < -0.3 is 4.74 Å². The third kappa shape index (κ3) is 5.46. The number of carbonyl (C=O) groups excluding carboxylic acids is 1. The van der Waals surface area contributed by atoms with E-state index in [-0.39, 0.29) is 17.9 Å². The molecule has 0 fully saturated rings. The lowest BCUT2D eigenvalue weighted by molar-refractivity contribution is 0.0986. The number of ether oxygens (including phenoxy) is 1. The van der Waals surface area contributed by atoms with Crippen LogP contribution in [0.1, 0.15) is 32.5 Å². The lowest BCUT2D eigenvalue weighted by atomic mass is 10.1. The molecular formula is C25H20ClN5O3S2. The normalized spacial score (nSPS) is 11.1. The zero-order chi connectivity index (χ0) is 25.1. The first-order valence-electron chi connectivity index (χ1n) is 11.0. The van der Waals surface area contributed by atoms with Gasteiger partial charge in [-0.2, -0.15) is 0 Å². The fourth-order valence-corrected chi connectivity index (χ4v) is 5.19. The zero-order valence-electron chi connectivity index (χ0n) is 19.1. The number of aryl methyl sites for hydroxylation is 2. The molecule has 0 atom stereocenters. The van der Waals surface area contributed by atoms with Crippen LogP contribution in [0.5, 0.6) is 5.75 Å². The summed E-state index contributed by atoms with van der Waals surface area (Å²) in [6.45, 7) is 2.21. The molecule has 8 nitrogen and oxygen atoms in total. The number of Topliss-reactive ketones (excluding diaryl/α,β-unsaturated/α-hetero) is 1. The number of carbonyl (C=O) groups is 1. The summed E-state index contributed by atoms with van der Waals surface area (Å²) in [6.07, 6.45) is 4.23. The quantitative estimate of drug-likeness (QED) is 0.237. The fourth-order valence-electron chi connectivity index (χ4n) is 3.58. The van der Waals surface area contributed by atoms with E-state index in [1.165, 1.54) is 17.4 Å². The van der Waals surface area contributed by atoms with Gasteiger partial charge in [0.2, 0.25) is 0 Å². The summed E-state index contributed by atoms with van der Waals surface area (Å²) < 4.78 is 9.88. The summed E-state index contributed by atoms with van der Waals surface area (Å²) in [4.78, 5) is 29.9. The third-order valence-corrected chi connectivity index (χ3v) is 7.42. The molecule has 0 spiro atoms. The average Bonchev–Trinajstić information content (AvgIpc) is 3.63. The minimum absolute atomic E-state index is 0.0154. The summed E-state index contributed by atoms with van der Waals surface area (Å²) in [6, 6.07) is 13.9. The standard InChI is InChI=1S/C25H20ClN5O3S2/c1-16-27-18(15-35-16)14-34-22-12-19(30-11-3-2-4-25(30)33)6-7-20(22)31-13-17(28-29-31)5-8-21(32)23-9-10-24(26)36-23/h2-4,6-7,9-13,15H,5,8,14H2,1H3. The van der Waals surface area contributed by atoms with Crippen molar-refractivity contribution in [1.82, 2.24) is 24.5 Å². The van der Waals surface area contributed by atoms with Gasteiger partial charge in [-0.1, -0.05) is 22.9 Å². The number of rotatable bonds is 9. The molecule has 0 unspecified atom stereocenters. The molecule has 0 aliphatic carbocycles. The Morgan fingerprint density at radius 2 is 2.03 bits per heavy atom. The summed E-state index contributed by atoms with van der Waals surface area (Å²) in [7, 11) is 0. The second-order valence-electron chi connectivity index (χ2n) is 7.89. The maximum atomic E-state index is 12.4. The fraction of sp³-hybridized carbons (Fsp3) is 0.160. The van der Waals surface area contributed by atoms with E-state index in [4.69, 9.17) is 16.3 Å². The largest absolute Gasteiger partial charge is 0.485 e. The van der Waals surface area contributed by atoms with Crippen LogP contribution in [-0.2, 0) is 13.0 Å². The molecule has 4 aromatic heterocycles. The lowest BCUT2D eigenvalue weighted by Crippen LogP contribution is -2.16. The predicted molar refractivity (Wildman–Crippen MR) is 140 cm³/mol. The maximum absolute atomic E-state index is 12.4. The highest BCUT2D eigenvalue weighted by Gasteiger charge is 2.15. The summed E-state index contributed by atoms with van der Waals surface area (Å²) >= 11 is 8.76. The van der Waals surface area contributed by atoms with Gasteiger partial charge in [0.25, 0.3) is 5.56 Å². The van der Waals surface area contributed by atoms with Crippen molar-refractivity contribution < 1.29 is 9.53 Å². The van der Waals surface area contributed by atoms with Gasteiger partial charge in [-0.25, -0.2) is 9.67 Å². The van der Waals surface area contributed by atoms with Crippen LogP contribution in [-0.4, -0.2) is 30.3 Å². The van der Waals surface area contributed by atoms with Gasteiger partial charge in [-0.05, 0) is 37.3 Å². The average molecular weight is 538 g/mol. The highest BCUT2D eigenvalue weighted by molar-refractivity contribution is 7.18. The Hall–Kier alpha value is -3.60. The SMILES string of the molecule is Cc1nc(COc2cc(-n3ccccc3=O)ccc2-n2cc(CCC(=O)c3ccc(Cl)s3)nn2)cs1. The molecule has 0 saturated carbocycles. The van der Waals surface area contributed by atoms with Crippen LogP contribution in [0.2, 0.25) is 4.34 Å². The molecule has 182 valence electrons. The summed E-state index contributed by atoms with van der Waals surface area (Å²) in [5, 5.41) is 11.4. The van der Waals surface area contributed by atoms with Gasteiger partial charge in [-0.3, -0.25) is 14.2 Å². The minimum Gasteiger partial charge on any atom is -0.485 e. The van der Waals surface area contributed by atoms with E-state index in [1.54, 1.807) is 63.3 Å². The van der Waals surface area contributed by atoms with Crippen LogP contribution in [0.3, 0.4) is 0 Å². The molecule has 0 radical (unpaired) electrons. The van der Waals surface area contributed by atoms with Crippen molar-refractivity contribution in [1.29, 1.82) is 0 Å². The Labute approximate surface area is 219 Å². The van der Waals surface area contributed by atoms with E-state index in [0.717, 1.165) is 10.7 Å². The van der Waals surface area contributed by atoms with E-state index in [9.17, 15) is 9.59 Å². The molecular weight excluding hydrogens is 518 g/mol. The smallest absolute Gasteiger partial charge is 0.255 e. The van der Waals surface area contributed by atoms with E-state index in [2.05, 4.69) is 15.3 Å². The number of hydrogen-bond donors (Lipinski definition) is 0. The highest BCUT2D eigenvalue weighted by atomic mass is 35.5. The number of nitrogens with zero attached hydrogens (tertiary/aromatic N) is 5. The first kappa shape index (κ1) is 24.1. The highest BCUT2D eigenvalue weighted by Crippen LogP contribution is 2.27. The minimum atomic E-state index is -0.147. The number of halogens is 1. The molecule has 0 amide bonds.